The van der Waals surface area contributed by atoms with Crippen molar-refractivity contribution in [2.45, 2.75) is 271 Å². The molecule has 0 heterocycles. The van der Waals surface area contributed by atoms with Crippen LogP contribution in [0.2, 0.25) is 0 Å². The molecule has 0 aliphatic heterocycles. The first-order valence-corrected chi connectivity index (χ1v) is 30.0. The van der Waals surface area contributed by atoms with Gasteiger partial charge in [0, 0.05) is 19.3 Å². The fraction of sp³-hybridized carbons (Fsp3) is 0.657. The molecule has 0 aromatic carbocycles. The molecule has 0 radical (unpaired) electrons. The van der Waals surface area contributed by atoms with Gasteiger partial charge < -0.3 is 14.2 Å². The molecule has 0 bridgehead atoms. The van der Waals surface area contributed by atoms with Crippen molar-refractivity contribution in [3.05, 3.63) is 122 Å². The van der Waals surface area contributed by atoms with Gasteiger partial charge in [0.2, 0.25) is 0 Å². The predicted molar refractivity (Wildman–Crippen MR) is 316 cm³/mol. The van der Waals surface area contributed by atoms with Crippen LogP contribution in [-0.2, 0) is 28.6 Å². The van der Waals surface area contributed by atoms with Gasteiger partial charge in [-0.05, 0) is 96.3 Å². The highest BCUT2D eigenvalue weighted by Gasteiger charge is 2.19. The first-order valence-electron chi connectivity index (χ1n) is 30.0. The van der Waals surface area contributed by atoms with E-state index in [1.807, 2.05) is 12.2 Å². The van der Waals surface area contributed by atoms with Gasteiger partial charge in [-0.25, -0.2) is 0 Å². The van der Waals surface area contributed by atoms with E-state index in [9.17, 15) is 14.4 Å². The normalized spacial score (nSPS) is 13.0. The Bertz CT molecular complexity index is 1540. The van der Waals surface area contributed by atoms with Crippen molar-refractivity contribution in [1.29, 1.82) is 0 Å². The molecule has 414 valence electrons. The van der Waals surface area contributed by atoms with Crippen molar-refractivity contribution in [2.24, 2.45) is 0 Å². The minimum Gasteiger partial charge on any atom is -0.462 e. The van der Waals surface area contributed by atoms with E-state index in [0.29, 0.717) is 19.3 Å². The lowest BCUT2D eigenvalue weighted by Gasteiger charge is -2.18. The van der Waals surface area contributed by atoms with Crippen LogP contribution in [0.5, 0.6) is 0 Å². The number of hydrogen-bond donors (Lipinski definition) is 0. The molecular formula is C67H110O6. The fourth-order valence-electron chi connectivity index (χ4n) is 8.05. The number of carbonyl (C=O) groups excluding carboxylic acids is 3. The van der Waals surface area contributed by atoms with E-state index in [0.717, 1.165) is 103 Å². The van der Waals surface area contributed by atoms with Gasteiger partial charge in [-0.2, -0.15) is 0 Å². The van der Waals surface area contributed by atoms with E-state index >= 15 is 0 Å². The first kappa shape index (κ1) is 68.8. The molecule has 0 fully saturated rings. The third-order valence-electron chi connectivity index (χ3n) is 12.5. The monoisotopic (exact) mass is 1010 g/mol. The number of ether oxygens (including phenoxy) is 3. The fourth-order valence-corrected chi connectivity index (χ4v) is 8.05. The Hall–Kier alpha value is -4.19. The van der Waals surface area contributed by atoms with Gasteiger partial charge in [0.25, 0.3) is 0 Å². The number of hydrogen-bond acceptors (Lipinski definition) is 6. The molecule has 0 amide bonds. The van der Waals surface area contributed by atoms with Crippen molar-refractivity contribution < 1.29 is 28.6 Å². The van der Waals surface area contributed by atoms with Crippen LogP contribution in [-0.4, -0.2) is 37.2 Å². The summed E-state index contributed by atoms with van der Waals surface area (Å²) in [5.41, 5.74) is 0. The number of unbranched alkanes of at least 4 members (excludes halogenated alkanes) is 22. The Morgan fingerprint density at radius 2 is 0.562 bits per heavy atom. The zero-order valence-electron chi connectivity index (χ0n) is 47.4. The maximum atomic E-state index is 12.8. The van der Waals surface area contributed by atoms with Gasteiger partial charge in [0.05, 0.1) is 0 Å². The second-order valence-electron chi connectivity index (χ2n) is 19.5. The lowest BCUT2D eigenvalue weighted by Crippen LogP contribution is -2.30. The molecule has 0 aromatic rings. The van der Waals surface area contributed by atoms with E-state index in [-0.39, 0.29) is 31.6 Å². The summed E-state index contributed by atoms with van der Waals surface area (Å²) in [4.78, 5) is 37.9. The van der Waals surface area contributed by atoms with E-state index in [1.165, 1.54) is 116 Å². The Morgan fingerprint density at radius 3 is 0.890 bits per heavy atom. The summed E-state index contributed by atoms with van der Waals surface area (Å²) in [7, 11) is 0. The summed E-state index contributed by atoms with van der Waals surface area (Å²) in [5, 5.41) is 0. The summed E-state index contributed by atoms with van der Waals surface area (Å²) >= 11 is 0. The molecule has 0 rings (SSSR count). The van der Waals surface area contributed by atoms with Crippen LogP contribution < -0.4 is 0 Å². The van der Waals surface area contributed by atoms with Crippen molar-refractivity contribution in [1.82, 2.24) is 0 Å². The molecule has 6 heteroatoms. The molecule has 0 N–H and O–H groups in total. The van der Waals surface area contributed by atoms with E-state index in [1.54, 1.807) is 0 Å². The maximum absolute atomic E-state index is 12.8. The van der Waals surface area contributed by atoms with Gasteiger partial charge in [0.15, 0.2) is 6.10 Å². The molecular weight excluding hydrogens is 901 g/mol. The number of carbonyl (C=O) groups is 3. The Labute approximate surface area is 450 Å². The van der Waals surface area contributed by atoms with Gasteiger partial charge in [-0.3, -0.25) is 14.4 Å². The zero-order chi connectivity index (χ0) is 52.9. The van der Waals surface area contributed by atoms with Crippen molar-refractivity contribution >= 4 is 17.9 Å². The Kier molecular flexibility index (Phi) is 56.9. The van der Waals surface area contributed by atoms with Crippen LogP contribution in [0.3, 0.4) is 0 Å². The summed E-state index contributed by atoms with van der Waals surface area (Å²) in [5.74, 6) is -0.999. The SMILES string of the molecule is CC/C=C\C/C=C\C/C=C\C/C=C\C/C=C\C/C=C\CCC(=O)OC(COC(=O)CCCCCCCCC)COC(=O)CCCCCCCCCCCCCCCCCC/C=C\C/C=C\C/C=C\C/C=C\CC. The third-order valence-corrected chi connectivity index (χ3v) is 12.5. The van der Waals surface area contributed by atoms with Gasteiger partial charge in [-0.1, -0.05) is 271 Å². The van der Waals surface area contributed by atoms with Gasteiger partial charge >= 0.3 is 17.9 Å². The summed E-state index contributed by atoms with van der Waals surface area (Å²) in [6.07, 6.45) is 83.9. The van der Waals surface area contributed by atoms with Gasteiger partial charge in [-0.15, -0.1) is 0 Å². The molecule has 6 nitrogen and oxygen atoms in total. The van der Waals surface area contributed by atoms with Gasteiger partial charge in [0.1, 0.15) is 13.2 Å². The zero-order valence-corrected chi connectivity index (χ0v) is 47.4. The number of rotatable bonds is 53. The molecule has 73 heavy (non-hydrogen) atoms. The number of allylic oxidation sites excluding steroid dienone is 20. The Morgan fingerprint density at radius 1 is 0.288 bits per heavy atom. The number of esters is 3. The summed E-state index contributed by atoms with van der Waals surface area (Å²) in [6, 6.07) is 0. The van der Waals surface area contributed by atoms with Crippen molar-refractivity contribution in [2.75, 3.05) is 13.2 Å². The second kappa shape index (κ2) is 60.4. The second-order valence-corrected chi connectivity index (χ2v) is 19.5. The standard InChI is InChI=1S/C67H110O6/c1-4-7-10-13-16-18-20-22-24-26-28-29-30-31-32-33-34-35-36-37-39-40-42-44-46-48-51-54-57-60-66(69)72-63-64(62-71-65(68)59-56-53-50-15-12-9-6-3)73-67(70)61-58-55-52-49-47-45-43-41-38-27-25-23-21-19-17-14-11-8-5-2/h7-8,10-11,16-19,22-25,28-29,38,41,45,47,52,55,64H,4-6,9,12-15,20-21,26-27,30-37,39-40,42-44,46,48-51,53-54,56-63H2,1-3H3/b10-7-,11-8-,18-16-,19-17-,24-22-,25-23-,29-28-,41-38-,47-45-,55-52-. The minimum atomic E-state index is -0.817. The largest absolute Gasteiger partial charge is 0.462 e. The quantitative estimate of drug-likeness (QED) is 0.0261. The highest BCUT2D eigenvalue weighted by atomic mass is 16.6. The molecule has 0 saturated carbocycles. The predicted octanol–water partition coefficient (Wildman–Crippen LogP) is 20.4. The van der Waals surface area contributed by atoms with Crippen molar-refractivity contribution in [3.63, 3.8) is 0 Å². The topological polar surface area (TPSA) is 78.9 Å². The van der Waals surface area contributed by atoms with E-state index in [4.69, 9.17) is 14.2 Å². The van der Waals surface area contributed by atoms with E-state index < -0.39 is 12.1 Å². The van der Waals surface area contributed by atoms with Crippen LogP contribution in [0.15, 0.2) is 122 Å². The molecule has 1 atom stereocenters. The average Bonchev–Trinajstić information content (AvgIpc) is 3.39. The van der Waals surface area contributed by atoms with E-state index in [2.05, 4.69) is 130 Å². The highest BCUT2D eigenvalue weighted by molar-refractivity contribution is 5.71. The molecule has 0 aliphatic carbocycles. The molecule has 0 spiro atoms. The minimum absolute atomic E-state index is 0.108. The van der Waals surface area contributed by atoms with Crippen LogP contribution in [0.25, 0.3) is 0 Å². The Balaban J connectivity index is 4.19. The smallest absolute Gasteiger partial charge is 0.306 e. The maximum Gasteiger partial charge on any atom is 0.306 e. The first-order chi connectivity index (χ1) is 36.0. The van der Waals surface area contributed by atoms with Crippen molar-refractivity contribution in [3.8, 4) is 0 Å². The lowest BCUT2D eigenvalue weighted by atomic mass is 10.0. The molecule has 0 aromatic heterocycles. The summed E-state index contributed by atoms with van der Waals surface area (Å²) < 4.78 is 16.7. The molecule has 0 saturated heterocycles. The average molecular weight is 1010 g/mol. The van der Waals surface area contributed by atoms with Crippen LogP contribution in [0.1, 0.15) is 265 Å². The lowest BCUT2D eigenvalue weighted by molar-refractivity contribution is -0.166. The van der Waals surface area contributed by atoms with Crippen LogP contribution in [0.4, 0.5) is 0 Å². The van der Waals surface area contributed by atoms with Crippen LogP contribution >= 0.6 is 0 Å². The summed E-state index contributed by atoms with van der Waals surface area (Å²) in [6.45, 7) is 6.31. The highest BCUT2D eigenvalue weighted by Crippen LogP contribution is 2.16. The molecule has 0 aliphatic rings. The molecule has 1 unspecified atom stereocenters. The third kappa shape index (κ3) is 58.6. The van der Waals surface area contributed by atoms with Crippen LogP contribution in [0, 0.1) is 0 Å².